The molecule has 0 radical (unpaired) electrons. The second-order valence-corrected chi connectivity index (χ2v) is 12.3. The Balaban J connectivity index is 2.03. The van der Waals surface area contributed by atoms with Gasteiger partial charge in [0.15, 0.2) is 0 Å². The lowest BCUT2D eigenvalue weighted by molar-refractivity contribution is -0.140. The molecular formula is C30H35ClFN3O4S. The fourth-order valence-electron chi connectivity index (χ4n) is 4.10. The number of nitrogens with zero attached hydrogens (tertiary/aromatic N) is 2. The third-order valence-electron chi connectivity index (χ3n) is 6.34. The van der Waals surface area contributed by atoms with Gasteiger partial charge in [0.1, 0.15) is 18.4 Å². The third-order valence-corrected chi connectivity index (χ3v) is 8.38. The Kier molecular flexibility index (Phi) is 10.7. The molecule has 0 aliphatic carbocycles. The number of nitrogens with one attached hydrogen (secondary N) is 1. The Morgan fingerprint density at radius 3 is 2.10 bits per heavy atom. The van der Waals surface area contributed by atoms with Gasteiger partial charge in [-0.2, -0.15) is 0 Å². The predicted octanol–water partition coefficient (Wildman–Crippen LogP) is 5.56. The summed E-state index contributed by atoms with van der Waals surface area (Å²) in [5.41, 5.74) is 1.73. The van der Waals surface area contributed by atoms with E-state index in [4.69, 9.17) is 11.6 Å². The Morgan fingerprint density at radius 2 is 1.55 bits per heavy atom. The van der Waals surface area contributed by atoms with Crippen LogP contribution in [0.3, 0.4) is 0 Å². The van der Waals surface area contributed by atoms with Crippen LogP contribution in [0.2, 0.25) is 5.02 Å². The van der Waals surface area contributed by atoms with Crippen molar-refractivity contribution in [3.05, 3.63) is 94.8 Å². The van der Waals surface area contributed by atoms with Gasteiger partial charge in [0.25, 0.3) is 10.0 Å². The zero-order chi connectivity index (χ0) is 29.4. The zero-order valence-corrected chi connectivity index (χ0v) is 24.7. The van der Waals surface area contributed by atoms with Crippen molar-refractivity contribution < 1.29 is 22.4 Å². The summed E-state index contributed by atoms with van der Waals surface area (Å²) in [6.07, 6.45) is 0.294. The lowest BCUT2D eigenvalue weighted by atomic mass is 10.1. The Labute approximate surface area is 241 Å². The molecule has 3 rings (SSSR count). The summed E-state index contributed by atoms with van der Waals surface area (Å²) in [5, 5.41) is 3.29. The fourth-order valence-corrected chi connectivity index (χ4v) is 5.64. The Hall–Kier alpha value is -3.43. The van der Waals surface area contributed by atoms with E-state index in [1.165, 1.54) is 53.4 Å². The number of halogens is 2. The van der Waals surface area contributed by atoms with Crippen LogP contribution in [0.25, 0.3) is 0 Å². The number of amides is 2. The molecule has 0 aliphatic heterocycles. The van der Waals surface area contributed by atoms with Crippen LogP contribution < -0.4 is 9.62 Å². The maximum absolute atomic E-state index is 14.0. The lowest BCUT2D eigenvalue weighted by Gasteiger charge is -2.33. The van der Waals surface area contributed by atoms with Gasteiger partial charge in [0.2, 0.25) is 11.8 Å². The van der Waals surface area contributed by atoms with Crippen molar-refractivity contribution in [2.75, 3.05) is 17.4 Å². The minimum atomic E-state index is -4.17. The molecule has 3 aromatic carbocycles. The third kappa shape index (κ3) is 8.05. The highest BCUT2D eigenvalue weighted by Gasteiger charge is 2.33. The van der Waals surface area contributed by atoms with E-state index < -0.39 is 34.3 Å². The quantitative estimate of drug-likeness (QED) is 0.300. The monoisotopic (exact) mass is 587 g/mol. The molecule has 1 N–H and O–H groups in total. The summed E-state index contributed by atoms with van der Waals surface area (Å²) in [6, 6.07) is 17.2. The topological polar surface area (TPSA) is 86.8 Å². The van der Waals surface area contributed by atoms with Gasteiger partial charge in [0.05, 0.1) is 10.6 Å². The standard InChI is InChI=1S/C30H35ClFN3O4S/c1-5-28(30(37)33-18-21(2)3)34(19-23-8-12-25(32)13-9-23)29(36)20-35(26-14-10-24(31)11-15-26)40(38,39)27-16-6-22(4)7-17-27/h6-17,21,28H,5,18-20H2,1-4H3,(H,33,37). The van der Waals surface area contributed by atoms with Gasteiger partial charge >= 0.3 is 0 Å². The lowest BCUT2D eigenvalue weighted by Crippen LogP contribution is -2.52. The molecule has 0 bridgehead atoms. The summed E-state index contributed by atoms with van der Waals surface area (Å²) in [5.74, 6) is -1.16. The molecule has 10 heteroatoms. The summed E-state index contributed by atoms with van der Waals surface area (Å²) in [4.78, 5) is 28.6. The molecule has 40 heavy (non-hydrogen) atoms. The zero-order valence-electron chi connectivity index (χ0n) is 23.1. The minimum Gasteiger partial charge on any atom is -0.354 e. The van der Waals surface area contributed by atoms with E-state index >= 15 is 0 Å². The van der Waals surface area contributed by atoms with Gasteiger partial charge in [-0.15, -0.1) is 0 Å². The molecule has 0 aliphatic rings. The van der Waals surface area contributed by atoms with Gasteiger partial charge in [-0.3, -0.25) is 13.9 Å². The molecule has 214 valence electrons. The highest BCUT2D eigenvalue weighted by Crippen LogP contribution is 2.26. The number of aryl methyl sites for hydroxylation is 1. The number of benzene rings is 3. The molecule has 1 atom stereocenters. The first-order valence-electron chi connectivity index (χ1n) is 13.1. The van der Waals surface area contributed by atoms with Crippen LogP contribution in [0.4, 0.5) is 10.1 Å². The molecule has 2 amide bonds. The van der Waals surface area contributed by atoms with Crippen molar-refractivity contribution >= 4 is 39.1 Å². The minimum absolute atomic E-state index is 0.00818. The molecule has 7 nitrogen and oxygen atoms in total. The van der Waals surface area contributed by atoms with Crippen LogP contribution in [0.1, 0.15) is 38.3 Å². The van der Waals surface area contributed by atoms with Crippen molar-refractivity contribution in [1.82, 2.24) is 10.2 Å². The van der Waals surface area contributed by atoms with Crippen molar-refractivity contribution in [2.24, 2.45) is 5.92 Å². The van der Waals surface area contributed by atoms with Gasteiger partial charge < -0.3 is 10.2 Å². The van der Waals surface area contributed by atoms with E-state index in [-0.39, 0.29) is 29.0 Å². The smallest absolute Gasteiger partial charge is 0.264 e. The van der Waals surface area contributed by atoms with Gasteiger partial charge in [0, 0.05) is 18.1 Å². The SMILES string of the molecule is CCC(C(=O)NCC(C)C)N(Cc1ccc(F)cc1)C(=O)CN(c1ccc(Cl)cc1)S(=O)(=O)c1ccc(C)cc1. The van der Waals surface area contributed by atoms with Gasteiger partial charge in [-0.25, -0.2) is 12.8 Å². The van der Waals surface area contributed by atoms with E-state index in [0.717, 1.165) is 9.87 Å². The Bertz CT molecular complexity index is 1400. The molecule has 0 fully saturated rings. The van der Waals surface area contributed by atoms with E-state index in [0.29, 0.717) is 23.6 Å². The maximum Gasteiger partial charge on any atom is 0.264 e. The van der Waals surface area contributed by atoms with E-state index in [1.54, 1.807) is 31.2 Å². The van der Waals surface area contributed by atoms with Gasteiger partial charge in [-0.05, 0) is 73.4 Å². The first-order valence-corrected chi connectivity index (χ1v) is 14.9. The number of carbonyl (C=O) groups is 2. The molecular weight excluding hydrogens is 553 g/mol. The van der Waals surface area contributed by atoms with Crippen molar-refractivity contribution in [3.63, 3.8) is 0 Å². The summed E-state index contributed by atoms with van der Waals surface area (Å²) in [7, 11) is -4.17. The number of anilines is 1. The molecule has 0 spiro atoms. The summed E-state index contributed by atoms with van der Waals surface area (Å²) >= 11 is 6.06. The molecule has 0 heterocycles. The first-order chi connectivity index (χ1) is 18.9. The number of hydrogen-bond donors (Lipinski definition) is 1. The number of sulfonamides is 1. The van der Waals surface area contributed by atoms with Crippen LogP contribution in [0.15, 0.2) is 77.7 Å². The number of hydrogen-bond acceptors (Lipinski definition) is 4. The maximum atomic E-state index is 14.0. The predicted molar refractivity (Wildman–Crippen MR) is 156 cm³/mol. The van der Waals surface area contributed by atoms with Crippen LogP contribution in [-0.4, -0.2) is 44.3 Å². The second-order valence-electron chi connectivity index (χ2n) is 10.0. The molecule has 0 saturated heterocycles. The van der Waals surface area contributed by atoms with Crippen LogP contribution in [0, 0.1) is 18.7 Å². The highest BCUT2D eigenvalue weighted by atomic mass is 35.5. The van der Waals surface area contributed by atoms with Crippen molar-refractivity contribution in [1.29, 1.82) is 0 Å². The van der Waals surface area contributed by atoms with E-state index in [1.807, 2.05) is 20.8 Å². The van der Waals surface area contributed by atoms with Crippen molar-refractivity contribution in [3.8, 4) is 0 Å². The average Bonchev–Trinajstić information content (AvgIpc) is 2.92. The second kappa shape index (κ2) is 13.8. The van der Waals surface area contributed by atoms with E-state index in [9.17, 15) is 22.4 Å². The fraction of sp³-hybridized carbons (Fsp3) is 0.333. The molecule has 3 aromatic rings. The van der Waals surface area contributed by atoms with Crippen LogP contribution in [0.5, 0.6) is 0 Å². The van der Waals surface area contributed by atoms with Crippen LogP contribution >= 0.6 is 11.6 Å². The highest BCUT2D eigenvalue weighted by molar-refractivity contribution is 7.92. The summed E-state index contributed by atoms with van der Waals surface area (Å²) in [6.45, 7) is 7.40. The summed E-state index contributed by atoms with van der Waals surface area (Å²) < 4.78 is 42.3. The number of rotatable bonds is 12. The number of carbonyl (C=O) groups excluding carboxylic acids is 2. The largest absolute Gasteiger partial charge is 0.354 e. The molecule has 0 aromatic heterocycles. The van der Waals surface area contributed by atoms with Crippen LogP contribution in [-0.2, 0) is 26.2 Å². The first kappa shape index (κ1) is 31.1. The Morgan fingerprint density at radius 1 is 0.950 bits per heavy atom. The van der Waals surface area contributed by atoms with E-state index in [2.05, 4.69) is 5.32 Å². The molecule has 0 saturated carbocycles. The van der Waals surface area contributed by atoms with Gasteiger partial charge in [-0.1, -0.05) is 62.2 Å². The van der Waals surface area contributed by atoms with Crippen molar-refractivity contribution in [2.45, 2.75) is 51.6 Å². The normalized spacial score (nSPS) is 12.2. The molecule has 1 unspecified atom stereocenters. The average molecular weight is 588 g/mol.